The van der Waals surface area contributed by atoms with Gasteiger partial charge in [0.2, 0.25) is 5.91 Å². The summed E-state index contributed by atoms with van der Waals surface area (Å²) in [5.41, 5.74) is 3.13. The Morgan fingerprint density at radius 2 is 1.64 bits per heavy atom. The number of thiophene rings is 1. The van der Waals surface area contributed by atoms with E-state index in [1.165, 1.54) is 30.2 Å². The SMILES string of the molecule is CCOc1ccc(/C=C(/NC(=O)c2ccccc2)C(=O)Nc2cccc(SC(C)C(=O)Nc3sc4c(c3C(=O)OC)CCCCCC4)c2)cc1. The molecule has 1 aromatic heterocycles. The van der Waals surface area contributed by atoms with E-state index in [0.29, 0.717) is 39.7 Å². The van der Waals surface area contributed by atoms with Crippen LogP contribution < -0.4 is 20.7 Å². The van der Waals surface area contributed by atoms with Crippen molar-refractivity contribution in [1.29, 1.82) is 0 Å². The van der Waals surface area contributed by atoms with Crippen molar-refractivity contribution in [3.05, 3.63) is 112 Å². The van der Waals surface area contributed by atoms with E-state index in [1.807, 2.05) is 19.1 Å². The number of anilines is 2. The number of carbonyl (C=O) groups is 4. The highest BCUT2D eigenvalue weighted by Crippen LogP contribution is 2.38. The molecular weight excluding hydrogens is 671 g/mol. The zero-order valence-electron chi connectivity index (χ0n) is 28.4. The Bertz CT molecular complexity index is 1850. The molecule has 260 valence electrons. The van der Waals surface area contributed by atoms with Crippen LogP contribution in [-0.4, -0.2) is 42.7 Å². The van der Waals surface area contributed by atoms with Crippen LogP contribution in [0.1, 0.15) is 76.3 Å². The predicted octanol–water partition coefficient (Wildman–Crippen LogP) is 8.12. The molecule has 0 saturated heterocycles. The molecule has 1 aliphatic rings. The molecule has 1 unspecified atom stereocenters. The fourth-order valence-corrected chi connectivity index (χ4v) is 7.78. The number of hydrogen-bond acceptors (Lipinski definition) is 8. The number of fused-ring (bicyclic) bond motifs is 1. The highest BCUT2D eigenvalue weighted by Gasteiger charge is 2.27. The van der Waals surface area contributed by atoms with Crippen LogP contribution in [0.3, 0.4) is 0 Å². The minimum atomic E-state index is -0.517. The van der Waals surface area contributed by atoms with Gasteiger partial charge in [-0.15, -0.1) is 23.1 Å². The second kappa shape index (κ2) is 17.7. The molecule has 0 spiro atoms. The highest BCUT2D eigenvalue weighted by molar-refractivity contribution is 8.00. The molecular formula is C39H41N3O6S2. The monoisotopic (exact) mass is 711 g/mol. The Hall–Kier alpha value is -4.87. The van der Waals surface area contributed by atoms with Gasteiger partial charge in [-0.1, -0.05) is 49.2 Å². The smallest absolute Gasteiger partial charge is 0.341 e. The van der Waals surface area contributed by atoms with Gasteiger partial charge in [0.25, 0.3) is 11.8 Å². The molecule has 1 aliphatic carbocycles. The molecule has 3 aromatic carbocycles. The number of benzene rings is 3. The number of hydrogen-bond donors (Lipinski definition) is 3. The van der Waals surface area contributed by atoms with Crippen molar-refractivity contribution in [2.24, 2.45) is 0 Å². The fraction of sp³-hybridized carbons (Fsp3) is 0.282. The topological polar surface area (TPSA) is 123 Å². The number of thioether (sulfide) groups is 1. The molecule has 9 nitrogen and oxygen atoms in total. The minimum Gasteiger partial charge on any atom is -0.494 e. The number of amides is 3. The number of carbonyl (C=O) groups excluding carboxylic acids is 4. The molecule has 0 bridgehead atoms. The van der Waals surface area contributed by atoms with E-state index in [-0.39, 0.29) is 11.6 Å². The minimum absolute atomic E-state index is 0.0558. The summed E-state index contributed by atoms with van der Waals surface area (Å²) in [7, 11) is 1.36. The lowest BCUT2D eigenvalue weighted by molar-refractivity contribution is -0.115. The van der Waals surface area contributed by atoms with Crippen molar-refractivity contribution >= 4 is 63.6 Å². The van der Waals surface area contributed by atoms with E-state index in [0.717, 1.165) is 53.9 Å². The molecule has 50 heavy (non-hydrogen) atoms. The lowest BCUT2D eigenvalue weighted by Crippen LogP contribution is -2.30. The maximum atomic E-state index is 13.6. The van der Waals surface area contributed by atoms with Crippen LogP contribution in [0.25, 0.3) is 6.08 Å². The van der Waals surface area contributed by atoms with E-state index in [1.54, 1.807) is 79.7 Å². The first-order valence-electron chi connectivity index (χ1n) is 16.7. The number of ether oxygens (including phenoxy) is 2. The van der Waals surface area contributed by atoms with Gasteiger partial charge in [0.15, 0.2) is 0 Å². The average Bonchev–Trinajstić information content (AvgIpc) is 3.44. The van der Waals surface area contributed by atoms with E-state index in [9.17, 15) is 19.2 Å². The Morgan fingerprint density at radius 3 is 2.36 bits per heavy atom. The van der Waals surface area contributed by atoms with Gasteiger partial charge in [-0.2, -0.15) is 0 Å². The maximum absolute atomic E-state index is 13.6. The normalized spacial score (nSPS) is 13.5. The van der Waals surface area contributed by atoms with Crippen molar-refractivity contribution in [3.8, 4) is 5.75 Å². The van der Waals surface area contributed by atoms with Crippen molar-refractivity contribution in [2.45, 2.75) is 62.5 Å². The summed E-state index contributed by atoms with van der Waals surface area (Å²) in [6, 6.07) is 23.0. The van der Waals surface area contributed by atoms with Crippen LogP contribution in [0, 0.1) is 0 Å². The van der Waals surface area contributed by atoms with Crippen molar-refractivity contribution in [2.75, 3.05) is 24.4 Å². The highest BCUT2D eigenvalue weighted by atomic mass is 32.2. The van der Waals surface area contributed by atoms with Gasteiger partial charge in [0, 0.05) is 21.0 Å². The van der Waals surface area contributed by atoms with Gasteiger partial charge in [0.05, 0.1) is 24.5 Å². The van der Waals surface area contributed by atoms with Gasteiger partial charge >= 0.3 is 5.97 Å². The molecule has 3 N–H and O–H groups in total. The van der Waals surface area contributed by atoms with Crippen molar-refractivity contribution in [3.63, 3.8) is 0 Å². The maximum Gasteiger partial charge on any atom is 0.341 e. The molecule has 0 saturated carbocycles. The first-order chi connectivity index (χ1) is 24.2. The van der Waals surface area contributed by atoms with Crippen LogP contribution in [0.4, 0.5) is 10.7 Å². The summed E-state index contributed by atoms with van der Waals surface area (Å²) in [5, 5.41) is 8.66. The van der Waals surface area contributed by atoms with E-state index in [2.05, 4.69) is 16.0 Å². The Morgan fingerprint density at radius 1 is 0.900 bits per heavy atom. The molecule has 1 atom stereocenters. The molecule has 1 heterocycles. The molecule has 11 heteroatoms. The predicted molar refractivity (Wildman–Crippen MR) is 200 cm³/mol. The molecule has 5 rings (SSSR count). The van der Waals surface area contributed by atoms with Gasteiger partial charge < -0.3 is 25.4 Å². The van der Waals surface area contributed by atoms with Crippen molar-refractivity contribution < 1.29 is 28.7 Å². The van der Waals surface area contributed by atoms with Crippen LogP contribution in [-0.2, 0) is 27.2 Å². The fourth-order valence-electron chi connectivity index (χ4n) is 5.58. The second-order valence-electron chi connectivity index (χ2n) is 11.7. The number of aryl methyl sites for hydroxylation is 1. The van der Waals surface area contributed by atoms with E-state index < -0.39 is 23.0 Å². The standard InChI is InChI=1S/C39H41N3O6S2/c1-4-48-29-21-19-26(20-22-29)23-32(41-36(44)27-13-8-7-9-14-27)37(45)40-28-15-12-16-30(24-28)49-25(2)35(43)42-38-34(39(46)47-3)31-17-10-5-6-11-18-33(31)50-38/h7-9,12-16,19-25H,4-6,10-11,17-18H2,1-3H3,(H,40,45)(H,41,44)(H,42,43)/b32-23+. The quantitative estimate of drug-likeness (QED) is 0.0771. The van der Waals surface area contributed by atoms with Crippen LogP contribution in [0.2, 0.25) is 0 Å². The average molecular weight is 712 g/mol. The summed E-state index contributed by atoms with van der Waals surface area (Å²) >= 11 is 2.79. The largest absolute Gasteiger partial charge is 0.494 e. The third-order valence-corrected chi connectivity index (χ3v) is 10.4. The number of methoxy groups -OCH3 is 1. The summed E-state index contributed by atoms with van der Waals surface area (Å²) < 4.78 is 10.6. The number of nitrogens with one attached hydrogen (secondary N) is 3. The number of rotatable bonds is 12. The molecule has 4 aromatic rings. The first-order valence-corrected chi connectivity index (χ1v) is 18.4. The van der Waals surface area contributed by atoms with Crippen LogP contribution in [0.15, 0.2) is 89.5 Å². The first kappa shape index (κ1) is 36.4. The summed E-state index contributed by atoms with van der Waals surface area (Å²) in [5.74, 6) is -0.911. The van der Waals surface area contributed by atoms with E-state index >= 15 is 0 Å². The van der Waals surface area contributed by atoms with Crippen LogP contribution in [0.5, 0.6) is 5.75 Å². The molecule has 0 fully saturated rings. The molecule has 0 radical (unpaired) electrons. The van der Waals surface area contributed by atoms with E-state index in [4.69, 9.17) is 9.47 Å². The third-order valence-electron chi connectivity index (χ3n) is 8.10. The lowest BCUT2D eigenvalue weighted by Gasteiger charge is -2.14. The number of esters is 1. The summed E-state index contributed by atoms with van der Waals surface area (Å²) in [4.78, 5) is 54.8. The lowest BCUT2D eigenvalue weighted by atomic mass is 9.96. The Labute approximate surface area is 300 Å². The van der Waals surface area contributed by atoms with Gasteiger partial charge in [-0.25, -0.2) is 4.79 Å². The summed E-state index contributed by atoms with van der Waals surface area (Å²) in [6.45, 7) is 4.23. The van der Waals surface area contributed by atoms with Crippen molar-refractivity contribution in [1.82, 2.24) is 5.32 Å². The Balaban J connectivity index is 1.30. The van der Waals surface area contributed by atoms with Gasteiger partial charge in [0.1, 0.15) is 16.4 Å². The zero-order chi connectivity index (χ0) is 35.5. The second-order valence-corrected chi connectivity index (χ2v) is 14.2. The van der Waals surface area contributed by atoms with Gasteiger partial charge in [-0.3, -0.25) is 14.4 Å². The molecule has 3 amide bonds. The Kier molecular flexibility index (Phi) is 12.9. The zero-order valence-corrected chi connectivity index (χ0v) is 30.0. The van der Waals surface area contributed by atoms with Crippen LogP contribution >= 0.6 is 23.1 Å². The summed E-state index contributed by atoms with van der Waals surface area (Å²) in [6.07, 6.45) is 7.61. The molecule has 0 aliphatic heterocycles. The van der Waals surface area contributed by atoms with Gasteiger partial charge in [-0.05, 0) is 99.2 Å². The third kappa shape index (κ3) is 9.64.